The molecule has 0 aromatic rings. The Labute approximate surface area is 151 Å². The van der Waals surface area contributed by atoms with Crippen molar-refractivity contribution in [3.63, 3.8) is 0 Å². The van der Waals surface area contributed by atoms with Gasteiger partial charge in [-0.1, -0.05) is 26.3 Å². The molecule has 0 amide bonds. The van der Waals surface area contributed by atoms with Crippen LogP contribution in [0.5, 0.6) is 0 Å². The van der Waals surface area contributed by atoms with Crippen LogP contribution in [0.15, 0.2) is 11.6 Å². The number of aliphatic hydroxyl groups is 2. The van der Waals surface area contributed by atoms with Crippen molar-refractivity contribution in [2.75, 3.05) is 6.61 Å². The fraction of sp³-hybridized carbons (Fsp3) is 0.864. The zero-order valence-corrected chi connectivity index (χ0v) is 16.1. The van der Waals surface area contributed by atoms with Crippen LogP contribution in [-0.4, -0.2) is 28.2 Å². The zero-order chi connectivity index (χ0) is 18.0. The standard InChI is InChI=1S/C22H34O3/c1-14(13-23)17-6-7-18-19-5-4-15-12-16(24)8-9-21(15,3)22(19,25)11-10-20(17,18)2/h12,14,17-19,23,25H,4-11,13H2,1-3H3/t14-,17-,18?,19?,20-,21+,22-/m1/s1. The molecule has 3 nitrogen and oxygen atoms in total. The minimum atomic E-state index is -0.653. The maximum Gasteiger partial charge on any atom is 0.155 e. The van der Waals surface area contributed by atoms with Crippen molar-refractivity contribution in [3.8, 4) is 0 Å². The number of carbonyl (C=O) groups is 1. The normalized spacial score (nSPS) is 50.5. The summed E-state index contributed by atoms with van der Waals surface area (Å²) in [4.78, 5) is 11.9. The fourth-order valence-corrected chi connectivity index (χ4v) is 7.60. The number of ketones is 1. The average Bonchev–Trinajstić information content (AvgIpc) is 2.93. The molecule has 4 aliphatic carbocycles. The van der Waals surface area contributed by atoms with Crippen LogP contribution in [-0.2, 0) is 4.79 Å². The van der Waals surface area contributed by atoms with Gasteiger partial charge in [-0.15, -0.1) is 0 Å². The molecular formula is C22H34O3. The molecule has 3 heteroatoms. The molecule has 3 saturated carbocycles. The first-order valence-corrected chi connectivity index (χ1v) is 10.3. The number of hydrogen-bond acceptors (Lipinski definition) is 3. The van der Waals surface area contributed by atoms with Gasteiger partial charge < -0.3 is 10.2 Å². The predicted molar refractivity (Wildman–Crippen MR) is 97.9 cm³/mol. The molecule has 0 saturated heterocycles. The molecule has 2 unspecified atom stereocenters. The third-order valence-electron chi connectivity index (χ3n) is 9.20. The van der Waals surface area contributed by atoms with E-state index in [0.717, 1.165) is 32.1 Å². The molecule has 7 atom stereocenters. The van der Waals surface area contributed by atoms with E-state index in [1.165, 1.54) is 18.4 Å². The summed E-state index contributed by atoms with van der Waals surface area (Å²) < 4.78 is 0. The Balaban J connectivity index is 1.70. The van der Waals surface area contributed by atoms with Gasteiger partial charge in [-0.05, 0) is 80.1 Å². The Morgan fingerprint density at radius 1 is 1.12 bits per heavy atom. The quantitative estimate of drug-likeness (QED) is 0.798. The summed E-state index contributed by atoms with van der Waals surface area (Å²) in [7, 11) is 0. The summed E-state index contributed by atoms with van der Waals surface area (Å²) in [5.41, 5.74) is 0.594. The Bertz CT molecular complexity index is 610. The summed E-state index contributed by atoms with van der Waals surface area (Å²) in [6, 6.07) is 0. The number of hydrogen-bond donors (Lipinski definition) is 2. The molecule has 25 heavy (non-hydrogen) atoms. The van der Waals surface area contributed by atoms with E-state index in [4.69, 9.17) is 0 Å². The van der Waals surface area contributed by atoms with E-state index in [-0.39, 0.29) is 23.2 Å². The number of fused-ring (bicyclic) bond motifs is 5. The SMILES string of the molecule is C[C@H](CO)[C@H]1CCC2C3CCC4=CC(=O)CC[C@]4(C)[C@@]3(O)CC[C@@]21C. The van der Waals surface area contributed by atoms with Gasteiger partial charge in [0.25, 0.3) is 0 Å². The summed E-state index contributed by atoms with van der Waals surface area (Å²) >= 11 is 0. The van der Waals surface area contributed by atoms with Gasteiger partial charge in [0.15, 0.2) is 5.78 Å². The van der Waals surface area contributed by atoms with Crippen LogP contribution in [0.3, 0.4) is 0 Å². The number of rotatable bonds is 2. The van der Waals surface area contributed by atoms with Crippen LogP contribution in [0.4, 0.5) is 0 Å². The van der Waals surface area contributed by atoms with Gasteiger partial charge in [-0.3, -0.25) is 4.79 Å². The second-order valence-corrected chi connectivity index (χ2v) is 9.99. The Hall–Kier alpha value is -0.670. The van der Waals surface area contributed by atoms with Crippen molar-refractivity contribution >= 4 is 5.78 Å². The summed E-state index contributed by atoms with van der Waals surface area (Å²) in [5.74, 6) is 2.07. The van der Waals surface area contributed by atoms with E-state index in [2.05, 4.69) is 20.8 Å². The van der Waals surface area contributed by atoms with E-state index >= 15 is 0 Å². The molecule has 0 bridgehead atoms. The third-order valence-corrected chi connectivity index (χ3v) is 9.20. The first-order valence-electron chi connectivity index (χ1n) is 10.3. The Morgan fingerprint density at radius 2 is 1.88 bits per heavy atom. The van der Waals surface area contributed by atoms with E-state index in [1.807, 2.05) is 6.08 Å². The van der Waals surface area contributed by atoms with Crippen LogP contribution in [0, 0.1) is 34.5 Å². The topological polar surface area (TPSA) is 57.5 Å². The second-order valence-electron chi connectivity index (χ2n) is 9.99. The molecule has 0 radical (unpaired) electrons. The minimum absolute atomic E-state index is 0.216. The monoisotopic (exact) mass is 346 g/mol. The lowest BCUT2D eigenvalue weighted by molar-refractivity contribution is -0.194. The molecule has 0 aliphatic heterocycles. The van der Waals surface area contributed by atoms with Crippen LogP contribution in [0.1, 0.15) is 72.1 Å². The lowest BCUT2D eigenvalue weighted by Crippen LogP contribution is -2.63. The van der Waals surface area contributed by atoms with E-state index in [9.17, 15) is 15.0 Å². The molecule has 4 aliphatic rings. The van der Waals surface area contributed by atoms with Crippen LogP contribution in [0.2, 0.25) is 0 Å². The molecule has 2 N–H and O–H groups in total. The van der Waals surface area contributed by atoms with Crippen molar-refractivity contribution in [3.05, 3.63) is 11.6 Å². The van der Waals surface area contributed by atoms with Gasteiger partial charge >= 0.3 is 0 Å². The summed E-state index contributed by atoms with van der Waals surface area (Å²) in [5, 5.41) is 21.7. The van der Waals surface area contributed by atoms with E-state index < -0.39 is 5.60 Å². The van der Waals surface area contributed by atoms with Crippen molar-refractivity contribution in [1.29, 1.82) is 0 Å². The maximum atomic E-state index is 12.0. The van der Waals surface area contributed by atoms with Gasteiger partial charge in [0.05, 0.1) is 5.60 Å². The lowest BCUT2D eigenvalue weighted by atomic mass is 9.44. The van der Waals surface area contributed by atoms with Gasteiger partial charge in [-0.2, -0.15) is 0 Å². The predicted octanol–water partition coefficient (Wildman–Crippen LogP) is 3.88. The number of aliphatic hydroxyl groups excluding tert-OH is 1. The third kappa shape index (κ3) is 2.21. The van der Waals surface area contributed by atoms with Gasteiger partial charge in [0.1, 0.15) is 0 Å². The highest BCUT2D eigenvalue weighted by atomic mass is 16.3. The highest BCUT2D eigenvalue weighted by molar-refractivity contribution is 5.91. The molecular weight excluding hydrogens is 312 g/mol. The van der Waals surface area contributed by atoms with Crippen molar-refractivity contribution in [2.24, 2.45) is 34.5 Å². The molecule has 4 rings (SSSR count). The van der Waals surface area contributed by atoms with Crippen LogP contribution in [0.25, 0.3) is 0 Å². The molecule has 140 valence electrons. The first-order chi connectivity index (χ1) is 11.8. The summed E-state index contributed by atoms with van der Waals surface area (Å²) in [6.45, 7) is 7.12. The molecule has 3 fully saturated rings. The molecule has 0 aromatic heterocycles. The second kappa shape index (κ2) is 5.66. The first kappa shape index (κ1) is 17.7. The highest BCUT2D eigenvalue weighted by Gasteiger charge is 2.65. The lowest BCUT2D eigenvalue weighted by Gasteiger charge is -2.63. The maximum absolute atomic E-state index is 12.0. The van der Waals surface area contributed by atoms with Crippen LogP contribution < -0.4 is 0 Å². The van der Waals surface area contributed by atoms with Gasteiger partial charge in [-0.25, -0.2) is 0 Å². The smallest absolute Gasteiger partial charge is 0.155 e. The molecule has 0 heterocycles. The van der Waals surface area contributed by atoms with Crippen molar-refractivity contribution in [2.45, 2.75) is 77.7 Å². The average molecular weight is 347 g/mol. The van der Waals surface area contributed by atoms with E-state index in [0.29, 0.717) is 30.1 Å². The largest absolute Gasteiger partial charge is 0.396 e. The Kier molecular flexibility index (Phi) is 4.01. The summed E-state index contributed by atoms with van der Waals surface area (Å²) in [6.07, 6.45) is 9.52. The number of carbonyl (C=O) groups excluding carboxylic acids is 1. The van der Waals surface area contributed by atoms with Crippen molar-refractivity contribution in [1.82, 2.24) is 0 Å². The van der Waals surface area contributed by atoms with Gasteiger partial charge in [0, 0.05) is 18.4 Å². The van der Waals surface area contributed by atoms with Crippen LogP contribution >= 0.6 is 0 Å². The van der Waals surface area contributed by atoms with Crippen molar-refractivity contribution < 1.29 is 15.0 Å². The van der Waals surface area contributed by atoms with E-state index in [1.54, 1.807) is 0 Å². The zero-order valence-electron chi connectivity index (χ0n) is 16.1. The molecule has 0 aromatic carbocycles. The van der Waals surface area contributed by atoms with Gasteiger partial charge in [0.2, 0.25) is 0 Å². The molecule has 0 spiro atoms. The fourth-order valence-electron chi connectivity index (χ4n) is 7.60. The highest BCUT2D eigenvalue weighted by Crippen LogP contribution is 2.68. The Morgan fingerprint density at radius 3 is 2.60 bits per heavy atom. The minimum Gasteiger partial charge on any atom is -0.396 e.